The summed E-state index contributed by atoms with van der Waals surface area (Å²) in [4.78, 5) is 12.7. The molecule has 2 heterocycles. The average molecular weight is 274 g/mol. The molecular weight excluding hydrogens is 265 g/mol. The highest BCUT2D eigenvalue weighted by molar-refractivity contribution is 7.18. The van der Waals surface area contributed by atoms with Gasteiger partial charge in [0.05, 0.1) is 6.20 Å². The Balaban J connectivity index is 2.40. The van der Waals surface area contributed by atoms with Crippen molar-refractivity contribution in [3.05, 3.63) is 27.4 Å². The lowest BCUT2D eigenvalue weighted by Crippen LogP contribution is -1.95. The molecule has 0 aliphatic rings. The molecule has 0 saturated heterocycles. The van der Waals surface area contributed by atoms with E-state index in [9.17, 15) is 0 Å². The predicted octanol–water partition coefficient (Wildman–Crippen LogP) is 3.86. The summed E-state index contributed by atoms with van der Waals surface area (Å²) in [7, 11) is 0. The van der Waals surface area contributed by atoms with Gasteiger partial charge in [-0.2, -0.15) is 0 Å². The van der Waals surface area contributed by atoms with Crippen molar-refractivity contribution in [2.24, 2.45) is 0 Å². The molecule has 0 N–H and O–H groups in total. The zero-order valence-electron chi connectivity index (χ0n) is 8.57. The van der Waals surface area contributed by atoms with Crippen molar-refractivity contribution in [1.29, 1.82) is 0 Å². The monoisotopic (exact) mass is 273 g/mol. The number of rotatable bonds is 3. The highest BCUT2D eigenvalue weighted by Gasteiger charge is 2.09. The molecule has 2 aromatic rings. The number of thiazole rings is 1. The predicted molar refractivity (Wildman–Crippen MR) is 67.2 cm³/mol. The van der Waals surface area contributed by atoms with Gasteiger partial charge in [0.25, 0.3) is 0 Å². The molecular formula is C10H9Cl2N3S. The topological polar surface area (TPSA) is 38.7 Å². The SMILES string of the molecule is CCCc1cc(Cl)nc(-c2ncc(Cl)s2)n1. The summed E-state index contributed by atoms with van der Waals surface area (Å²) < 4.78 is 0.621. The second-order valence-corrected chi connectivity index (χ2v) is 5.27. The molecule has 0 amide bonds. The second-order valence-electron chi connectivity index (χ2n) is 3.23. The van der Waals surface area contributed by atoms with Gasteiger partial charge in [0.1, 0.15) is 9.49 Å². The van der Waals surface area contributed by atoms with Crippen LogP contribution in [0.25, 0.3) is 10.8 Å². The van der Waals surface area contributed by atoms with E-state index in [4.69, 9.17) is 23.2 Å². The zero-order valence-corrected chi connectivity index (χ0v) is 10.9. The van der Waals surface area contributed by atoms with E-state index in [2.05, 4.69) is 21.9 Å². The van der Waals surface area contributed by atoms with Crippen LogP contribution in [0.3, 0.4) is 0 Å². The molecule has 6 heteroatoms. The molecule has 0 bridgehead atoms. The molecule has 0 spiro atoms. The van der Waals surface area contributed by atoms with Crippen LogP contribution >= 0.6 is 34.5 Å². The van der Waals surface area contributed by atoms with Gasteiger partial charge in [-0.15, -0.1) is 0 Å². The molecule has 0 saturated carbocycles. The molecule has 2 rings (SSSR count). The maximum absolute atomic E-state index is 5.94. The summed E-state index contributed by atoms with van der Waals surface area (Å²) in [6.45, 7) is 2.09. The van der Waals surface area contributed by atoms with Crippen molar-refractivity contribution >= 4 is 34.5 Å². The lowest BCUT2D eigenvalue weighted by atomic mass is 10.2. The van der Waals surface area contributed by atoms with Crippen LogP contribution in [0.4, 0.5) is 0 Å². The smallest absolute Gasteiger partial charge is 0.190 e. The fourth-order valence-electron chi connectivity index (χ4n) is 1.30. The van der Waals surface area contributed by atoms with E-state index in [0.717, 1.165) is 18.5 Å². The van der Waals surface area contributed by atoms with Gasteiger partial charge in [0.15, 0.2) is 10.8 Å². The Hall–Kier alpha value is -0.710. The van der Waals surface area contributed by atoms with Gasteiger partial charge >= 0.3 is 0 Å². The molecule has 0 fully saturated rings. The van der Waals surface area contributed by atoms with Crippen molar-refractivity contribution in [3.63, 3.8) is 0 Å². The van der Waals surface area contributed by atoms with E-state index in [1.807, 2.05) is 0 Å². The Morgan fingerprint density at radius 2 is 2.12 bits per heavy atom. The van der Waals surface area contributed by atoms with E-state index < -0.39 is 0 Å². The van der Waals surface area contributed by atoms with Crippen LogP contribution < -0.4 is 0 Å². The Morgan fingerprint density at radius 1 is 1.31 bits per heavy atom. The van der Waals surface area contributed by atoms with Gasteiger partial charge in [-0.3, -0.25) is 0 Å². The lowest BCUT2D eigenvalue weighted by molar-refractivity contribution is 0.875. The van der Waals surface area contributed by atoms with Crippen LogP contribution in [0.1, 0.15) is 19.0 Å². The van der Waals surface area contributed by atoms with Crippen LogP contribution in [0, 0.1) is 0 Å². The third-order valence-electron chi connectivity index (χ3n) is 1.92. The van der Waals surface area contributed by atoms with E-state index >= 15 is 0 Å². The van der Waals surface area contributed by atoms with Crippen molar-refractivity contribution in [1.82, 2.24) is 15.0 Å². The third-order valence-corrected chi connectivity index (χ3v) is 3.23. The Morgan fingerprint density at radius 3 is 2.75 bits per heavy atom. The van der Waals surface area contributed by atoms with E-state index in [1.165, 1.54) is 11.3 Å². The first-order chi connectivity index (χ1) is 7.69. The van der Waals surface area contributed by atoms with Gasteiger partial charge in [-0.1, -0.05) is 47.9 Å². The van der Waals surface area contributed by atoms with Crippen molar-refractivity contribution in [2.75, 3.05) is 0 Å². The summed E-state index contributed by atoms with van der Waals surface area (Å²) in [5.74, 6) is 0.549. The molecule has 2 aromatic heterocycles. The average Bonchev–Trinajstić information content (AvgIpc) is 2.64. The summed E-state index contributed by atoms with van der Waals surface area (Å²) in [5.41, 5.74) is 0.934. The number of nitrogens with zero attached hydrogens (tertiary/aromatic N) is 3. The number of aromatic nitrogens is 3. The normalized spacial score (nSPS) is 10.7. The summed E-state index contributed by atoms with van der Waals surface area (Å²) in [6, 6.07) is 1.78. The fraction of sp³-hybridized carbons (Fsp3) is 0.300. The molecule has 0 aliphatic heterocycles. The van der Waals surface area contributed by atoms with Crippen molar-refractivity contribution in [2.45, 2.75) is 19.8 Å². The highest BCUT2D eigenvalue weighted by Crippen LogP contribution is 2.26. The Kier molecular flexibility index (Phi) is 3.74. The van der Waals surface area contributed by atoms with Crippen LogP contribution in [-0.2, 0) is 6.42 Å². The largest absolute Gasteiger partial charge is 0.240 e. The van der Waals surface area contributed by atoms with E-state index in [0.29, 0.717) is 20.3 Å². The molecule has 0 unspecified atom stereocenters. The Labute approximate surface area is 107 Å². The second kappa shape index (κ2) is 5.08. The number of aryl methyl sites for hydroxylation is 1. The van der Waals surface area contributed by atoms with Gasteiger partial charge in [0.2, 0.25) is 0 Å². The molecule has 16 heavy (non-hydrogen) atoms. The lowest BCUT2D eigenvalue weighted by Gasteiger charge is -2.01. The zero-order chi connectivity index (χ0) is 11.5. The third kappa shape index (κ3) is 2.70. The van der Waals surface area contributed by atoms with Crippen LogP contribution in [0.2, 0.25) is 9.49 Å². The molecule has 0 aromatic carbocycles. The van der Waals surface area contributed by atoms with Crippen molar-refractivity contribution in [3.8, 4) is 10.8 Å². The maximum Gasteiger partial charge on any atom is 0.190 e. The molecule has 84 valence electrons. The van der Waals surface area contributed by atoms with Gasteiger partial charge in [-0.05, 0) is 12.5 Å². The Bertz CT molecular complexity index is 499. The van der Waals surface area contributed by atoms with Crippen LogP contribution in [0.15, 0.2) is 12.3 Å². The number of hydrogen-bond acceptors (Lipinski definition) is 4. The van der Waals surface area contributed by atoms with Gasteiger partial charge in [0, 0.05) is 5.69 Å². The highest BCUT2D eigenvalue weighted by atomic mass is 35.5. The number of halogens is 2. The molecule has 0 radical (unpaired) electrons. The van der Waals surface area contributed by atoms with Gasteiger partial charge in [-0.25, -0.2) is 15.0 Å². The molecule has 0 aliphatic carbocycles. The van der Waals surface area contributed by atoms with E-state index in [-0.39, 0.29) is 0 Å². The first kappa shape index (κ1) is 11.8. The standard InChI is InChI=1S/C10H9Cl2N3S/c1-2-3-6-4-7(11)15-9(14-6)10-13-5-8(12)16-10/h4-5H,2-3H2,1H3. The minimum absolute atomic E-state index is 0.444. The van der Waals surface area contributed by atoms with Crippen LogP contribution in [0.5, 0.6) is 0 Å². The minimum atomic E-state index is 0.444. The first-order valence-corrected chi connectivity index (χ1v) is 6.41. The maximum atomic E-state index is 5.94. The summed E-state index contributed by atoms with van der Waals surface area (Å²) in [6.07, 6.45) is 3.49. The molecule has 0 atom stereocenters. The quantitative estimate of drug-likeness (QED) is 0.798. The van der Waals surface area contributed by atoms with E-state index in [1.54, 1.807) is 12.3 Å². The molecule has 3 nitrogen and oxygen atoms in total. The fourth-order valence-corrected chi connectivity index (χ4v) is 2.35. The summed E-state index contributed by atoms with van der Waals surface area (Å²) >= 11 is 13.1. The number of hydrogen-bond donors (Lipinski definition) is 0. The minimum Gasteiger partial charge on any atom is -0.240 e. The summed E-state index contributed by atoms with van der Waals surface area (Å²) in [5, 5.41) is 1.14. The van der Waals surface area contributed by atoms with Crippen LogP contribution in [-0.4, -0.2) is 15.0 Å². The van der Waals surface area contributed by atoms with Crippen molar-refractivity contribution < 1.29 is 0 Å². The van der Waals surface area contributed by atoms with Gasteiger partial charge < -0.3 is 0 Å². The first-order valence-electron chi connectivity index (χ1n) is 4.84.